The predicted octanol–water partition coefficient (Wildman–Crippen LogP) is 2.59. The normalized spacial score (nSPS) is 20.3. The topological polar surface area (TPSA) is 63.1 Å². The first kappa shape index (κ1) is 19.5. The van der Waals surface area contributed by atoms with Gasteiger partial charge in [0.25, 0.3) is 5.91 Å². The lowest BCUT2D eigenvalue weighted by Gasteiger charge is -2.24. The van der Waals surface area contributed by atoms with Gasteiger partial charge >= 0.3 is 0 Å². The lowest BCUT2D eigenvalue weighted by atomic mass is 10.1. The van der Waals surface area contributed by atoms with Crippen LogP contribution < -0.4 is 5.32 Å². The van der Waals surface area contributed by atoms with Gasteiger partial charge in [-0.25, -0.2) is 4.39 Å². The molecule has 1 fully saturated rings. The Hall–Kier alpha value is -2.28. The van der Waals surface area contributed by atoms with Gasteiger partial charge in [-0.3, -0.25) is 14.4 Å². The van der Waals surface area contributed by atoms with E-state index in [1.807, 2.05) is 13.8 Å². The highest BCUT2D eigenvalue weighted by molar-refractivity contribution is 5.91. The molecule has 1 aliphatic heterocycles. The smallest absolute Gasteiger partial charge is 0.273 e. The van der Waals surface area contributed by atoms with Gasteiger partial charge in [0.05, 0.1) is 12.7 Å². The van der Waals surface area contributed by atoms with Crippen LogP contribution in [0.3, 0.4) is 0 Å². The summed E-state index contributed by atoms with van der Waals surface area (Å²) in [6, 6.07) is 8.57. The van der Waals surface area contributed by atoms with E-state index in [9.17, 15) is 9.18 Å². The van der Waals surface area contributed by atoms with Crippen LogP contribution >= 0.6 is 0 Å². The lowest BCUT2D eigenvalue weighted by Crippen LogP contribution is -2.33. The van der Waals surface area contributed by atoms with Crippen molar-refractivity contribution in [1.82, 2.24) is 25.2 Å². The molecule has 1 aliphatic rings. The van der Waals surface area contributed by atoms with Crippen LogP contribution in [0.25, 0.3) is 0 Å². The summed E-state index contributed by atoms with van der Waals surface area (Å²) < 4.78 is 15.7. The van der Waals surface area contributed by atoms with Crippen LogP contribution in [0.2, 0.25) is 0 Å². The van der Waals surface area contributed by atoms with Crippen molar-refractivity contribution in [2.24, 2.45) is 0 Å². The highest BCUT2D eigenvalue weighted by atomic mass is 19.1. The number of hydrogen-bond donors (Lipinski definition) is 1. The van der Waals surface area contributed by atoms with E-state index < -0.39 is 6.17 Å². The largest absolute Gasteiger partial charge is 0.348 e. The minimum absolute atomic E-state index is 0.0357. The number of carbonyl (C=O) groups is 1. The molecular formula is C20H28FN5O. The van der Waals surface area contributed by atoms with Gasteiger partial charge in [0.2, 0.25) is 0 Å². The molecule has 1 amide bonds. The zero-order chi connectivity index (χ0) is 19.4. The summed E-state index contributed by atoms with van der Waals surface area (Å²) in [5, 5.41) is 10.8. The van der Waals surface area contributed by atoms with Crippen LogP contribution in [-0.4, -0.2) is 50.6 Å². The first-order valence-corrected chi connectivity index (χ1v) is 9.61. The highest BCUT2D eigenvalue weighted by Crippen LogP contribution is 2.24. The number of likely N-dealkylation sites (tertiary alicyclic amines) is 1. The SMILES string of the molecule is CCc1ccc(CN2CC(F)CC2Cn2cc(C(=O)NC(C)C)nn2)cc1. The molecule has 0 radical (unpaired) electrons. The van der Waals surface area contributed by atoms with Gasteiger partial charge in [0, 0.05) is 25.2 Å². The number of amides is 1. The molecular weight excluding hydrogens is 345 g/mol. The fourth-order valence-electron chi connectivity index (χ4n) is 3.46. The fourth-order valence-corrected chi connectivity index (χ4v) is 3.46. The van der Waals surface area contributed by atoms with Crippen LogP contribution in [0.4, 0.5) is 4.39 Å². The average Bonchev–Trinajstić information content (AvgIpc) is 3.22. The number of halogens is 1. The maximum atomic E-state index is 14.1. The second kappa shape index (κ2) is 8.61. The molecule has 2 heterocycles. The lowest BCUT2D eigenvalue weighted by molar-refractivity contribution is 0.0938. The molecule has 2 atom stereocenters. The third-order valence-electron chi connectivity index (χ3n) is 4.88. The number of carbonyl (C=O) groups excluding carboxylic acids is 1. The molecule has 0 aliphatic carbocycles. The van der Waals surface area contributed by atoms with Crippen molar-refractivity contribution < 1.29 is 9.18 Å². The summed E-state index contributed by atoms with van der Waals surface area (Å²) in [6.45, 7) is 7.59. The van der Waals surface area contributed by atoms with Crippen LogP contribution in [0.15, 0.2) is 30.5 Å². The van der Waals surface area contributed by atoms with Gasteiger partial charge in [-0.05, 0) is 37.8 Å². The summed E-state index contributed by atoms with van der Waals surface area (Å²) in [4.78, 5) is 14.2. The molecule has 1 aromatic carbocycles. The van der Waals surface area contributed by atoms with Gasteiger partial charge in [0.15, 0.2) is 5.69 Å². The van der Waals surface area contributed by atoms with Crippen molar-refractivity contribution in [3.8, 4) is 0 Å². The number of hydrogen-bond acceptors (Lipinski definition) is 4. The van der Waals surface area contributed by atoms with Crippen molar-refractivity contribution in [2.45, 2.75) is 65.0 Å². The Balaban J connectivity index is 1.64. The van der Waals surface area contributed by atoms with E-state index >= 15 is 0 Å². The van der Waals surface area contributed by atoms with E-state index in [-0.39, 0.29) is 18.0 Å². The van der Waals surface area contributed by atoms with E-state index in [1.165, 1.54) is 11.1 Å². The number of nitrogens with one attached hydrogen (secondary N) is 1. The third kappa shape index (κ3) is 5.13. The molecule has 3 rings (SSSR count). The minimum atomic E-state index is -0.836. The molecule has 146 valence electrons. The second-order valence-electron chi connectivity index (χ2n) is 7.54. The molecule has 1 saturated heterocycles. The first-order valence-electron chi connectivity index (χ1n) is 9.61. The zero-order valence-corrected chi connectivity index (χ0v) is 16.2. The maximum Gasteiger partial charge on any atom is 0.273 e. The fraction of sp³-hybridized carbons (Fsp3) is 0.550. The standard InChI is InChI=1S/C20H28FN5O/c1-4-15-5-7-16(8-6-15)10-25-11-17(21)9-18(25)12-26-13-19(23-24-26)20(27)22-14(2)3/h5-8,13-14,17-18H,4,9-12H2,1-3H3,(H,22,27). The van der Waals surface area contributed by atoms with Crippen LogP contribution in [0, 0.1) is 0 Å². The third-order valence-corrected chi connectivity index (χ3v) is 4.88. The summed E-state index contributed by atoms with van der Waals surface area (Å²) in [6.07, 6.45) is 2.29. The summed E-state index contributed by atoms with van der Waals surface area (Å²) >= 11 is 0. The molecule has 7 heteroatoms. The summed E-state index contributed by atoms with van der Waals surface area (Å²) in [7, 11) is 0. The van der Waals surface area contributed by atoms with Gasteiger partial charge in [-0.15, -0.1) is 5.10 Å². The van der Waals surface area contributed by atoms with Gasteiger partial charge in [-0.2, -0.15) is 0 Å². The highest BCUT2D eigenvalue weighted by Gasteiger charge is 2.32. The Morgan fingerprint density at radius 1 is 1.30 bits per heavy atom. The van der Waals surface area contributed by atoms with Crippen molar-refractivity contribution >= 4 is 5.91 Å². The monoisotopic (exact) mass is 373 g/mol. The van der Waals surface area contributed by atoms with Gasteiger partial charge in [-0.1, -0.05) is 36.4 Å². The van der Waals surface area contributed by atoms with Crippen molar-refractivity contribution in [1.29, 1.82) is 0 Å². The van der Waals surface area contributed by atoms with E-state index in [4.69, 9.17) is 0 Å². The van der Waals surface area contributed by atoms with Gasteiger partial charge < -0.3 is 5.32 Å². The van der Waals surface area contributed by atoms with Crippen LogP contribution in [0.5, 0.6) is 0 Å². The minimum Gasteiger partial charge on any atom is -0.348 e. The van der Waals surface area contributed by atoms with E-state index in [0.717, 1.165) is 6.42 Å². The first-order chi connectivity index (χ1) is 12.9. The number of aryl methyl sites for hydroxylation is 1. The van der Waals surface area contributed by atoms with E-state index in [1.54, 1.807) is 10.9 Å². The van der Waals surface area contributed by atoms with E-state index in [0.29, 0.717) is 31.7 Å². The molecule has 0 saturated carbocycles. The van der Waals surface area contributed by atoms with Crippen molar-refractivity contribution in [3.05, 3.63) is 47.3 Å². The average molecular weight is 373 g/mol. The number of benzene rings is 1. The predicted molar refractivity (Wildman–Crippen MR) is 102 cm³/mol. The Morgan fingerprint density at radius 3 is 2.67 bits per heavy atom. The molecule has 1 N–H and O–H groups in total. The number of nitrogens with zero attached hydrogens (tertiary/aromatic N) is 4. The number of alkyl halides is 1. The zero-order valence-electron chi connectivity index (χ0n) is 16.2. The number of aromatic nitrogens is 3. The number of rotatable bonds is 7. The molecule has 0 bridgehead atoms. The van der Waals surface area contributed by atoms with Crippen LogP contribution in [-0.2, 0) is 19.5 Å². The maximum absolute atomic E-state index is 14.1. The molecule has 2 unspecified atom stereocenters. The quantitative estimate of drug-likeness (QED) is 0.810. The molecule has 2 aromatic rings. The Labute approximate surface area is 159 Å². The molecule has 0 spiro atoms. The Morgan fingerprint density at radius 2 is 2.00 bits per heavy atom. The molecule has 1 aromatic heterocycles. The Kier molecular flexibility index (Phi) is 6.21. The molecule has 27 heavy (non-hydrogen) atoms. The van der Waals surface area contributed by atoms with Crippen molar-refractivity contribution in [2.75, 3.05) is 6.54 Å². The second-order valence-corrected chi connectivity index (χ2v) is 7.54. The molecule has 6 nitrogen and oxygen atoms in total. The van der Waals surface area contributed by atoms with Gasteiger partial charge in [0.1, 0.15) is 6.17 Å². The van der Waals surface area contributed by atoms with E-state index in [2.05, 4.69) is 51.7 Å². The van der Waals surface area contributed by atoms with Crippen molar-refractivity contribution in [3.63, 3.8) is 0 Å². The Bertz CT molecular complexity index is 758. The van der Waals surface area contributed by atoms with Crippen LogP contribution in [0.1, 0.15) is 48.8 Å². The summed E-state index contributed by atoms with van der Waals surface area (Å²) in [5.41, 5.74) is 2.77. The summed E-state index contributed by atoms with van der Waals surface area (Å²) in [5.74, 6) is -0.237.